The first-order chi connectivity index (χ1) is 7.79. The molecule has 94 valence electrons. The smallest absolute Gasteiger partial charge is 0.0897 e. The van der Waals surface area contributed by atoms with Crippen LogP contribution < -0.4 is 5.32 Å². The number of rotatable bonds is 6. The molecule has 0 bridgehead atoms. The van der Waals surface area contributed by atoms with E-state index in [-0.39, 0.29) is 6.61 Å². The summed E-state index contributed by atoms with van der Waals surface area (Å²) >= 11 is 0. The van der Waals surface area contributed by atoms with Crippen LogP contribution in [0.5, 0.6) is 0 Å². The van der Waals surface area contributed by atoms with Gasteiger partial charge in [0.15, 0.2) is 0 Å². The molecule has 2 rings (SSSR count). The summed E-state index contributed by atoms with van der Waals surface area (Å²) in [5, 5.41) is 22.0. The predicted molar refractivity (Wildman–Crippen MR) is 63.3 cm³/mol. The number of hydrogen-bond donors (Lipinski definition) is 3. The zero-order chi connectivity index (χ0) is 11.4. The van der Waals surface area contributed by atoms with E-state index in [9.17, 15) is 5.11 Å². The Bertz CT molecular complexity index is 209. The van der Waals surface area contributed by atoms with Crippen LogP contribution in [0, 0.1) is 0 Å². The van der Waals surface area contributed by atoms with E-state index >= 15 is 0 Å². The standard InChI is InChI=1S/C12H24N2O2/c15-9-12(16)8-14-6-2-1-3-11(14)7-13-10-4-5-10/h10-13,15-16H,1-9H2. The van der Waals surface area contributed by atoms with Gasteiger partial charge in [0, 0.05) is 25.2 Å². The highest BCUT2D eigenvalue weighted by atomic mass is 16.3. The predicted octanol–water partition coefficient (Wildman–Crippen LogP) is -0.0539. The molecule has 0 amide bonds. The van der Waals surface area contributed by atoms with E-state index in [2.05, 4.69) is 10.2 Å². The molecule has 1 saturated carbocycles. The average Bonchev–Trinajstić information content (AvgIpc) is 3.11. The molecule has 2 fully saturated rings. The molecular formula is C12H24N2O2. The van der Waals surface area contributed by atoms with Crippen molar-refractivity contribution >= 4 is 0 Å². The fourth-order valence-corrected chi connectivity index (χ4v) is 2.45. The second kappa shape index (κ2) is 5.96. The third-order valence-corrected chi connectivity index (χ3v) is 3.62. The zero-order valence-electron chi connectivity index (χ0n) is 9.94. The van der Waals surface area contributed by atoms with E-state index in [1.807, 2.05) is 0 Å². The van der Waals surface area contributed by atoms with Crippen LogP contribution in [0.4, 0.5) is 0 Å². The second-order valence-corrected chi connectivity index (χ2v) is 5.16. The summed E-state index contributed by atoms with van der Waals surface area (Å²) in [4.78, 5) is 2.33. The molecule has 4 heteroatoms. The molecule has 2 atom stereocenters. The van der Waals surface area contributed by atoms with E-state index in [1.54, 1.807) is 0 Å². The number of β-amino-alcohol motifs (C(OH)–C–C–N with tert-alkyl or cyclic N) is 1. The van der Waals surface area contributed by atoms with E-state index in [0.717, 1.165) is 19.1 Å². The molecule has 1 aliphatic heterocycles. The lowest BCUT2D eigenvalue weighted by atomic mass is 10.0. The minimum absolute atomic E-state index is 0.126. The Morgan fingerprint density at radius 3 is 2.75 bits per heavy atom. The topological polar surface area (TPSA) is 55.7 Å². The Morgan fingerprint density at radius 2 is 2.06 bits per heavy atom. The minimum Gasteiger partial charge on any atom is -0.394 e. The van der Waals surface area contributed by atoms with Gasteiger partial charge >= 0.3 is 0 Å². The van der Waals surface area contributed by atoms with Crippen molar-refractivity contribution in [2.75, 3.05) is 26.2 Å². The first kappa shape index (κ1) is 12.3. The van der Waals surface area contributed by atoms with Crippen LogP contribution in [0.15, 0.2) is 0 Å². The average molecular weight is 228 g/mol. The molecule has 1 aliphatic carbocycles. The fourth-order valence-electron chi connectivity index (χ4n) is 2.45. The highest BCUT2D eigenvalue weighted by molar-refractivity contribution is 4.86. The van der Waals surface area contributed by atoms with Crippen LogP contribution in [-0.2, 0) is 0 Å². The van der Waals surface area contributed by atoms with Crippen LogP contribution >= 0.6 is 0 Å². The highest BCUT2D eigenvalue weighted by Gasteiger charge is 2.27. The van der Waals surface area contributed by atoms with Crippen molar-refractivity contribution in [3.63, 3.8) is 0 Å². The van der Waals surface area contributed by atoms with Crippen molar-refractivity contribution in [3.05, 3.63) is 0 Å². The van der Waals surface area contributed by atoms with Gasteiger partial charge in [-0.3, -0.25) is 4.90 Å². The molecule has 0 aromatic heterocycles. The van der Waals surface area contributed by atoms with E-state index in [1.165, 1.54) is 32.1 Å². The van der Waals surface area contributed by atoms with E-state index in [4.69, 9.17) is 5.11 Å². The Kier molecular flexibility index (Phi) is 4.58. The summed E-state index contributed by atoms with van der Waals surface area (Å²) in [5.74, 6) is 0. The fraction of sp³-hybridized carbons (Fsp3) is 1.00. The summed E-state index contributed by atoms with van der Waals surface area (Å²) in [6, 6.07) is 1.31. The lowest BCUT2D eigenvalue weighted by molar-refractivity contribution is 0.0331. The van der Waals surface area contributed by atoms with Crippen LogP contribution in [0.2, 0.25) is 0 Å². The summed E-state index contributed by atoms with van der Waals surface area (Å²) in [6.45, 7) is 2.60. The number of piperidine rings is 1. The van der Waals surface area contributed by atoms with Crippen LogP contribution in [0.3, 0.4) is 0 Å². The second-order valence-electron chi connectivity index (χ2n) is 5.16. The van der Waals surface area contributed by atoms with E-state index < -0.39 is 6.10 Å². The van der Waals surface area contributed by atoms with Gasteiger partial charge in [0.05, 0.1) is 12.7 Å². The van der Waals surface area contributed by atoms with Crippen molar-refractivity contribution in [3.8, 4) is 0 Å². The van der Waals surface area contributed by atoms with Gasteiger partial charge in [0.1, 0.15) is 0 Å². The summed E-state index contributed by atoms with van der Waals surface area (Å²) in [5.41, 5.74) is 0. The maximum Gasteiger partial charge on any atom is 0.0897 e. The number of nitrogens with zero attached hydrogens (tertiary/aromatic N) is 1. The third kappa shape index (κ3) is 3.70. The first-order valence-corrected chi connectivity index (χ1v) is 6.56. The number of aliphatic hydroxyl groups is 2. The van der Waals surface area contributed by atoms with Gasteiger partial charge in [-0.25, -0.2) is 0 Å². The van der Waals surface area contributed by atoms with Gasteiger partial charge in [-0.1, -0.05) is 6.42 Å². The van der Waals surface area contributed by atoms with Crippen LogP contribution in [0.25, 0.3) is 0 Å². The largest absolute Gasteiger partial charge is 0.394 e. The minimum atomic E-state index is -0.582. The molecule has 0 radical (unpaired) electrons. The molecule has 0 spiro atoms. The third-order valence-electron chi connectivity index (χ3n) is 3.62. The van der Waals surface area contributed by atoms with Gasteiger partial charge in [0.2, 0.25) is 0 Å². The number of aliphatic hydroxyl groups excluding tert-OH is 2. The van der Waals surface area contributed by atoms with E-state index in [0.29, 0.717) is 12.6 Å². The van der Waals surface area contributed by atoms with Crippen LogP contribution in [0.1, 0.15) is 32.1 Å². The molecule has 4 nitrogen and oxygen atoms in total. The van der Waals surface area contributed by atoms with Crippen LogP contribution in [-0.4, -0.2) is 59.5 Å². The number of hydrogen-bond acceptors (Lipinski definition) is 4. The monoisotopic (exact) mass is 228 g/mol. The Morgan fingerprint density at radius 1 is 1.25 bits per heavy atom. The van der Waals surface area contributed by atoms with Crippen molar-refractivity contribution in [2.24, 2.45) is 0 Å². The molecule has 2 unspecified atom stereocenters. The van der Waals surface area contributed by atoms with Gasteiger partial charge < -0.3 is 15.5 Å². The molecule has 1 heterocycles. The van der Waals surface area contributed by atoms with Crippen molar-refractivity contribution < 1.29 is 10.2 Å². The molecular weight excluding hydrogens is 204 g/mol. The maximum absolute atomic E-state index is 9.51. The summed E-state index contributed by atoms with van der Waals surface area (Å²) in [7, 11) is 0. The van der Waals surface area contributed by atoms with Crippen molar-refractivity contribution in [1.82, 2.24) is 10.2 Å². The number of nitrogens with one attached hydrogen (secondary N) is 1. The molecule has 0 aromatic rings. The summed E-state index contributed by atoms with van der Waals surface area (Å²) < 4.78 is 0. The van der Waals surface area contributed by atoms with Crippen molar-refractivity contribution in [1.29, 1.82) is 0 Å². The normalized spacial score (nSPS) is 29.2. The van der Waals surface area contributed by atoms with Gasteiger partial charge in [0.25, 0.3) is 0 Å². The zero-order valence-corrected chi connectivity index (χ0v) is 9.94. The van der Waals surface area contributed by atoms with Gasteiger partial charge in [-0.2, -0.15) is 0 Å². The SMILES string of the molecule is OCC(O)CN1CCCCC1CNC1CC1. The van der Waals surface area contributed by atoms with Gasteiger partial charge in [-0.05, 0) is 32.2 Å². The number of likely N-dealkylation sites (tertiary alicyclic amines) is 1. The lowest BCUT2D eigenvalue weighted by Gasteiger charge is -2.36. The summed E-state index contributed by atoms with van der Waals surface area (Å²) in [6.07, 6.45) is 5.80. The maximum atomic E-state index is 9.51. The quantitative estimate of drug-likeness (QED) is 0.596. The highest BCUT2D eigenvalue weighted by Crippen LogP contribution is 2.21. The van der Waals surface area contributed by atoms with Gasteiger partial charge in [-0.15, -0.1) is 0 Å². The Balaban J connectivity index is 1.75. The molecule has 0 aromatic carbocycles. The molecule has 2 aliphatic rings. The molecule has 16 heavy (non-hydrogen) atoms. The Hall–Kier alpha value is -0.160. The lowest BCUT2D eigenvalue weighted by Crippen LogP contribution is -2.49. The Labute approximate surface area is 97.6 Å². The molecule has 3 N–H and O–H groups in total. The molecule has 1 saturated heterocycles. The van der Waals surface area contributed by atoms with Crippen molar-refractivity contribution in [2.45, 2.75) is 50.3 Å². The first-order valence-electron chi connectivity index (χ1n) is 6.56.